The van der Waals surface area contributed by atoms with Gasteiger partial charge in [-0.3, -0.25) is 0 Å². The Kier molecular flexibility index (Phi) is 5.82. The molecule has 0 aliphatic carbocycles. The molecule has 2 saturated heterocycles. The van der Waals surface area contributed by atoms with Gasteiger partial charge in [0.05, 0.1) is 11.2 Å². The molecule has 9 heteroatoms. The maximum atomic E-state index is 13.5. The van der Waals surface area contributed by atoms with Gasteiger partial charge in [-0.05, 0) is 57.0 Å². The molecule has 0 spiro atoms. The summed E-state index contributed by atoms with van der Waals surface area (Å²) in [6.45, 7) is 4.35. The number of nitrogens with one attached hydrogen (secondary N) is 1. The van der Waals surface area contributed by atoms with Gasteiger partial charge in [-0.1, -0.05) is 18.0 Å². The Morgan fingerprint density at radius 3 is 2.58 bits per heavy atom. The number of anilines is 3. The molecule has 1 aromatic carbocycles. The first-order chi connectivity index (χ1) is 15.2. The van der Waals surface area contributed by atoms with Gasteiger partial charge in [0.15, 0.2) is 5.82 Å². The second-order valence-electron chi connectivity index (χ2n) is 8.19. The molecular formula is C22H25ClFN7. The van der Waals surface area contributed by atoms with Crippen molar-refractivity contribution < 1.29 is 4.39 Å². The molecule has 5 rings (SSSR count). The van der Waals surface area contributed by atoms with Gasteiger partial charge in [0.25, 0.3) is 0 Å². The third-order valence-corrected chi connectivity index (χ3v) is 6.49. The van der Waals surface area contributed by atoms with Crippen LogP contribution in [0.5, 0.6) is 0 Å². The van der Waals surface area contributed by atoms with Crippen LogP contribution in [0.25, 0.3) is 11.0 Å². The second-order valence-corrected chi connectivity index (χ2v) is 8.60. The molecule has 3 aromatic rings. The van der Waals surface area contributed by atoms with Crippen LogP contribution in [-0.4, -0.2) is 57.1 Å². The predicted octanol–water partition coefficient (Wildman–Crippen LogP) is 4.41. The number of halogens is 2. The lowest BCUT2D eigenvalue weighted by Crippen LogP contribution is -2.47. The summed E-state index contributed by atoms with van der Waals surface area (Å²) >= 11 is 5.91. The third kappa shape index (κ3) is 4.41. The Hall–Kier alpha value is -2.58. The molecule has 2 fully saturated rings. The standard InChI is InChI=1S/C22H25ClFN7/c23-17-12-15(4-5-18(17)24)28-21-20-19(26-14-27-21)13-25-22(29-20)31-10-6-16(7-11-31)30-8-2-1-3-9-30/h4-5,12-14,16H,1-3,6-11H2,(H,26,27,28). The second kappa shape index (κ2) is 8.88. The van der Waals surface area contributed by atoms with E-state index in [1.54, 1.807) is 12.3 Å². The summed E-state index contributed by atoms with van der Waals surface area (Å²) in [5, 5.41) is 3.23. The van der Waals surface area contributed by atoms with Crippen LogP contribution < -0.4 is 10.2 Å². The molecule has 162 valence electrons. The molecule has 1 N–H and O–H groups in total. The number of aromatic nitrogens is 4. The highest BCUT2D eigenvalue weighted by atomic mass is 35.5. The number of hydrogen-bond acceptors (Lipinski definition) is 7. The van der Waals surface area contributed by atoms with E-state index in [1.165, 1.54) is 50.8 Å². The molecule has 2 aliphatic heterocycles. The summed E-state index contributed by atoms with van der Waals surface area (Å²) in [5.41, 5.74) is 1.91. The third-order valence-electron chi connectivity index (χ3n) is 6.20. The Morgan fingerprint density at radius 2 is 1.81 bits per heavy atom. The van der Waals surface area contributed by atoms with Gasteiger partial charge in [0.2, 0.25) is 5.95 Å². The fraction of sp³-hybridized carbons (Fsp3) is 0.455. The number of fused-ring (bicyclic) bond motifs is 1. The van der Waals surface area contributed by atoms with E-state index in [4.69, 9.17) is 16.6 Å². The molecule has 7 nitrogen and oxygen atoms in total. The quantitative estimate of drug-likeness (QED) is 0.643. The fourth-order valence-electron chi connectivity index (χ4n) is 4.51. The molecule has 0 atom stereocenters. The first kappa shape index (κ1) is 20.3. The lowest BCUT2D eigenvalue weighted by Gasteiger charge is -2.40. The van der Waals surface area contributed by atoms with E-state index in [-0.39, 0.29) is 5.02 Å². The van der Waals surface area contributed by atoms with Crippen molar-refractivity contribution in [2.45, 2.75) is 38.1 Å². The van der Waals surface area contributed by atoms with Crippen molar-refractivity contribution in [3.8, 4) is 0 Å². The molecule has 31 heavy (non-hydrogen) atoms. The van der Waals surface area contributed by atoms with Crippen LogP contribution in [0.2, 0.25) is 5.02 Å². The maximum absolute atomic E-state index is 13.5. The molecular weight excluding hydrogens is 417 g/mol. The average molecular weight is 442 g/mol. The number of benzene rings is 1. The molecule has 0 amide bonds. The SMILES string of the molecule is Fc1ccc(Nc2ncnc3cnc(N4CCC(N5CCCCC5)CC4)nc23)cc1Cl. The summed E-state index contributed by atoms with van der Waals surface area (Å²) in [6, 6.07) is 5.13. The van der Waals surface area contributed by atoms with Gasteiger partial charge in [-0.25, -0.2) is 24.3 Å². The van der Waals surface area contributed by atoms with Crippen LogP contribution in [0.1, 0.15) is 32.1 Å². The number of likely N-dealkylation sites (tertiary alicyclic amines) is 1. The van der Waals surface area contributed by atoms with Crippen LogP contribution in [0.3, 0.4) is 0 Å². The van der Waals surface area contributed by atoms with Crippen molar-refractivity contribution in [3.05, 3.63) is 41.6 Å². The lowest BCUT2D eigenvalue weighted by molar-refractivity contribution is 0.141. The number of hydrogen-bond donors (Lipinski definition) is 1. The smallest absolute Gasteiger partial charge is 0.226 e. The number of rotatable bonds is 4. The van der Waals surface area contributed by atoms with Gasteiger partial charge in [-0.15, -0.1) is 0 Å². The van der Waals surface area contributed by atoms with Crippen LogP contribution in [0.4, 0.5) is 21.8 Å². The normalized spacial score (nSPS) is 18.5. The minimum Gasteiger partial charge on any atom is -0.341 e. The molecule has 0 unspecified atom stereocenters. The van der Waals surface area contributed by atoms with Crippen LogP contribution in [0, 0.1) is 5.82 Å². The highest BCUT2D eigenvalue weighted by molar-refractivity contribution is 6.31. The van der Waals surface area contributed by atoms with Crippen molar-refractivity contribution >= 4 is 40.1 Å². The van der Waals surface area contributed by atoms with E-state index in [0.717, 1.165) is 25.9 Å². The van der Waals surface area contributed by atoms with E-state index in [2.05, 4.69) is 30.1 Å². The lowest BCUT2D eigenvalue weighted by atomic mass is 10.0. The summed E-state index contributed by atoms with van der Waals surface area (Å²) in [4.78, 5) is 22.9. The van der Waals surface area contributed by atoms with Gasteiger partial charge >= 0.3 is 0 Å². The molecule has 0 bridgehead atoms. The Morgan fingerprint density at radius 1 is 1.00 bits per heavy atom. The van der Waals surface area contributed by atoms with Crippen LogP contribution >= 0.6 is 11.6 Å². The van der Waals surface area contributed by atoms with E-state index >= 15 is 0 Å². The van der Waals surface area contributed by atoms with Crippen molar-refractivity contribution in [2.75, 3.05) is 36.4 Å². The number of nitrogens with zero attached hydrogens (tertiary/aromatic N) is 6. The highest BCUT2D eigenvalue weighted by Gasteiger charge is 2.26. The topological polar surface area (TPSA) is 70.1 Å². The van der Waals surface area contributed by atoms with E-state index < -0.39 is 5.82 Å². The van der Waals surface area contributed by atoms with Gasteiger partial charge < -0.3 is 15.1 Å². The summed E-state index contributed by atoms with van der Waals surface area (Å²) in [7, 11) is 0. The van der Waals surface area contributed by atoms with Gasteiger partial charge in [-0.2, -0.15) is 0 Å². The van der Waals surface area contributed by atoms with Crippen LogP contribution in [-0.2, 0) is 0 Å². The Balaban J connectivity index is 1.34. The summed E-state index contributed by atoms with van der Waals surface area (Å²) in [6.07, 6.45) is 9.47. The maximum Gasteiger partial charge on any atom is 0.226 e. The largest absolute Gasteiger partial charge is 0.341 e. The fourth-order valence-corrected chi connectivity index (χ4v) is 4.69. The molecule has 2 aromatic heterocycles. The average Bonchev–Trinajstić information content (AvgIpc) is 2.82. The molecule has 0 saturated carbocycles. The zero-order valence-electron chi connectivity index (χ0n) is 17.3. The van der Waals surface area contributed by atoms with E-state index in [9.17, 15) is 4.39 Å². The predicted molar refractivity (Wildman–Crippen MR) is 120 cm³/mol. The summed E-state index contributed by atoms with van der Waals surface area (Å²) in [5.74, 6) is 0.774. The Labute approximate surface area is 185 Å². The zero-order chi connectivity index (χ0) is 21.2. The Bertz CT molecular complexity index is 1060. The number of piperidine rings is 2. The molecule has 0 radical (unpaired) electrons. The zero-order valence-corrected chi connectivity index (χ0v) is 18.0. The van der Waals surface area contributed by atoms with Crippen molar-refractivity contribution in [2.24, 2.45) is 0 Å². The summed E-state index contributed by atoms with van der Waals surface area (Å²) < 4.78 is 13.5. The molecule has 4 heterocycles. The van der Waals surface area contributed by atoms with Crippen LogP contribution in [0.15, 0.2) is 30.7 Å². The minimum atomic E-state index is -0.461. The van der Waals surface area contributed by atoms with E-state index in [0.29, 0.717) is 34.5 Å². The van der Waals surface area contributed by atoms with Crippen molar-refractivity contribution in [1.82, 2.24) is 24.8 Å². The first-order valence-corrected chi connectivity index (χ1v) is 11.2. The van der Waals surface area contributed by atoms with Gasteiger partial charge in [0, 0.05) is 24.8 Å². The highest BCUT2D eigenvalue weighted by Crippen LogP contribution is 2.27. The first-order valence-electron chi connectivity index (χ1n) is 10.9. The molecule has 2 aliphatic rings. The van der Waals surface area contributed by atoms with Crippen molar-refractivity contribution in [1.29, 1.82) is 0 Å². The monoisotopic (exact) mass is 441 g/mol. The minimum absolute atomic E-state index is 0.0512. The van der Waals surface area contributed by atoms with E-state index in [1.807, 2.05) is 0 Å². The van der Waals surface area contributed by atoms with Gasteiger partial charge in [0.1, 0.15) is 23.2 Å². The van der Waals surface area contributed by atoms with Crippen molar-refractivity contribution in [3.63, 3.8) is 0 Å².